The first-order chi connectivity index (χ1) is 17.8. The summed E-state index contributed by atoms with van der Waals surface area (Å²) in [6.45, 7) is 8.32. The topological polar surface area (TPSA) is 82.4 Å². The normalized spacial score (nSPS) is 15.0. The van der Waals surface area contributed by atoms with E-state index in [1.54, 1.807) is 18.9 Å². The number of carbonyl (C=O) groups is 1. The molecule has 1 atom stereocenters. The Labute approximate surface area is 216 Å². The van der Waals surface area contributed by atoms with Gasteiger partial charge in [-0.15, -0.1) is 0 Å². The van der Waals surface area contributed by atoms with E-state index >= 15 is 0 Å². The largest absolute Gasteiger partial charge is 0.497 e. The van der Waals surface area contributed by atoms with Crippen LogP contribution in [-0.4, -0.2) is 39.9 Å². The van der Waals surface area contributed by atoms with E-state index in [-0.39, 0.29) is 18.2 Å². The van der Waals surface area contributed by atoms with Crippen molar-refractivity contribution in [2.75, 3.05) is 19.1 Å². The summed E-state index contributed by atoms with van der Waals surface area (Å²) in [5, 5.41) is 4.89. The first-order valence-corrected chi connectivity index (χ1v) is 12.3. The zero-order chi connectivity index (χ0) is 26.3. The number of aromatic nitrogens is 4. The number of methoxy groups -OCH3 is 2. The van der Waals surface area contributed by atoms with Gasteiger partial charge >= 0.3 is 0 Å². The molecule has 8 heteroatoms. The molecule has 8 nitrogen and oxygen atoms in total. The summed E-state index contributed by atoms with van der Waals surface area (Å²) in [4.78, 5) is 25.1. The Morgan fingerprint density at radius 1 is 0.946 bits per heavy atom. The molecule has 37 heavy (non-hydrogen) atoms. The Kier molecular flexibility index (Phi) is 6.41. The van der Waals surface area contributed by atoms with E-state index in [4.69, 9.17) is 14.6 Å². The lowest BCUT2D eigenvalue weighted by Crippen LogP contribution is -2.38. The molecule has 0 saturated heterocycles. The molecule has 190 valence electrons. The van der Waals surface area contributed by atoms with Crippen LogP contribution in [0.2, 0.25) is 0 Å². The van der Waals surface area contributed by atoms with Crippen LogP contribution in [0.4, 0.5) is 5.82 Å². The van der Waals surface area contributed by atoms with Crippen LogP contribution in [0.15, 0.2) is 48.5 Å². The highest BCUT2D eigenvalue weighted by Gasteiger charge is 2.39. The van der Waals surface area contributed by atoms with Gasteiger partial charge in [0.1, 0.15) is 17.3 Å². The number of hydrogen-bond donors (Lipinski definition) is 0. The van der Waals surface area contributed by atoms with Crippen molar-refractivity contribution in [2.45, 2.75) is 46.6 Å². The van der Waals surface area contributed by atoms with Gasteiger partial charge in [-0.2, -0.15) is 9.78 Å². The second-order valence-corrected chi connectivity index (χ2v) is 9.46. The van der Waals surface area contributed by atoms with Crippen LogP contribution in [0.5, 0.6) is 11.5 Å². The van der Waals surface area contributed by atoms with Gasteiger partial charge in [0.25, 0.3) is 5.95 Å². The van der Waals surface area contributed by atoms with E-state index in [1.165, 1.54) is 0 Å². The summed E-state index contributed by atoms with van der Waals surface area (Å²) in [5.74, 6) is 2.28. The zero-order valence-corrected chi connectivity index (χ0v) is 22.1. The predicted octanol–water partition coefficient (Wildman–Crippen LogP) is 4.98. The van der Waals surface area contributed by atoms with Gasteiger partial charge in [-0.25, -0.2) is 9.97 Å². The van der Waals surface area contributed by atoms with Crippen LogP contribution < -0.4 is 14.4 Å². The Morgan fingerprint density at radius 2 is 1.68 bits per heavy atom. The number of amides is 1. The van der Waals surface area contributed by atoms with Crippen LogP contribution in [0.25, 0.3) is 5.95 Å². The van der Waals surface area contributed by atoms with Crippen LogP contribution in [-0.2, 0) is 11.3 Å². The van der Waals surface area contributed by atoms with Crippen molar-refractivity contribution in [1.82, 2.24) is 19.7 Å². The number of nitrogens with zero attached hydrogens (tertiary/aromatic N) is 5. The summed E-state index contributed by atoms with van der Waals surface area (Å²) in [6, 6.07) is 15.7. The van der Waals surface area contributed by atoms with Crippen molar-refractivity contribution in [2.24, 2.45) is 0 Å². The van der Waals surface area contributed by atoms with E-state index < -0.39 is 0 Å². The quantitative estimate of drug-likeness (QED) is 0.374. The molecule has 5 rings (SSSR count). The van der Waals surface area contributed by atoms with Gasteiger partial charge in [-0.05, 0) is 63.1 Å². The van der Waals surface area contributed by atoms with Crippen molar-refractivity contribution in [3.8, 4) is 17.4 Å². The van der Waals surface area contributed by atoms with E-state index in [2.05, 4.69) is 29.0 Å². The molecule has 0 aliphatic carbocycles. The maximum Gasteiger partial charge on any atom is 0.252 e. The summed E-state index contributed by atoms with van der Waals surface area (Å²) in [7, 11) is 3.27. The van der Waals surface area contributed by atoms with Gasteiger partial charge < -0.3 is 9.47 Å². The molecule has 1 aliphatic heterocycles. The van der Waals surface area contributed by atoms with Crippen molar-refractivity contribution in [3.63, 3.8) is 0 Å². The van der Waals surface area contributed by atoms with Crippen LogP contribution >= 0.6 is 0 Å². The lowest BCUT2D eigenvalue weighted by molar-refractivity contribution is -0.119. The molecule has 1 amide bonds. The molecule has 4 aromatic rings. The van der Waals surface area contributed by atoms with Crippen molar-refractivity contribution >= 4 is 11.7 Å². The second-order valence-electron chi connectivity index (χ2n) is 9.46. The lowest BCUT2D eigenvalue weighted by atomic mass is 9.84. The standard InChI is InChI=1S/C29H31N5O3/c1-17-9-7-8-10-21(17)16-33-26(35)15-24(23-14-22(36-5)11-12-25(23)37-6)27-20(4)32-34(28(27)33)29-30-18(2)13-19(3)31-29/h7-14,24H,15-16H2,1-6H3. The number of rotatable bonds is 6. The molecular weight excluding hydrogens is 466 g/mol. The zero-order valence-electron chi connectivity index (χ0n) is 22.1. The molecule has 2 aromatic carbocycles. The molecule has 0 radical (unpaired) electrons. The number of carbonyl (C=O) groups excluding carboxylic acids is 1. The van der Waals surface area contributed by atoms with Crippen molar-refractivity contribution in [3.05, 3.63) is 87.9 Å². The minimum absolute atomic E-state index is 0.00356. The van der Waals surface area contributed by atoms with E-state index in [1.807, 2.05) is 62.1 Å². The predicted molar refractivity (Wildman–Crippen MR) is 142 cm³/mol. The van der Waals surface area contributed by atoms with Gasteiger partial charge in [-0.1, -0.05) is 24.3 Å². The van der Waals surface area contributed by atoms with Crippen molar-refractivity contribution < 1.29 is 14.3 Å². The van der Waals surface area contributed by atoms with Gasteiger partial charge in [0.2, 0.25) is 5.91 Å². The molecular formula is C29H31N5O3. The van der Waals surface area contributed by atoms with Gasteiger partial charge in [0.15, 0.2) is 0 Å². The Hall–Kier alpha value is -4.20. The molecule has 1 unspecified atom stereocenters. The van der Waals surface area contributed by atoms with E-state index in [9.17, 15) is 4.79 Å². The number of anilines is 1. The number of benzene rings is 2. The van der Waals surface area contributed by atoms with Crippen LogP contribution in [0.1, 0.15) is 51.7 Å². The maximum atomic E-state index is 13.9. The molecule has 0 N–H and O–H groups in total. The number of aryl methyl sites for hydroxylation is 4. The minimum Gasteiger partial charge on any atom is -0.497 e. The van der Waals surface area contributed by atoms with Gasteiger partial charge in [0, 0.05) is 34.9 Å². The Morgan fingerprint density at radius 3 is 2.35 bits per heavy atom. The third-order valence-corrected chi connectivity index (χ3v) is 6.93. The lowest BCUT2D eigenvalue weighted by Gasteiger charge is -2.33. The molecule has 1 aliphatic rings. The molecule has 0 spiro atoms. The highest BCUT2D eigenvalue weighted by molar-refractivity contribution is 5.97. The Balaban J connectivity index is 1.75. The average molecular weight is 498 g/mol. The highest BCUT2D eigenvalue weighted by atomic mass is 16.5. The molecule has 0 saturated carbocycles. The van der Waals surface area contributed by atoms with E-state index in [0.29, 0.717) is 29.8 Å². The third-order valence-electron chi connectivity index (χ3n) is 6.93. The summed E-state index contributed by atoms with van der Waals surface area (Å²) < 4.78 is 13.0. The maximum absolute atomic E-state index is 13.9. The first-order valence-electron chi connectivity index (χ1n) is 12.3. The minimum atomic E-state index is -0.264. The second kappa shape index (κ2) is 9.69. The monoisotopic (exact) mass is 497 g/mol. The van der Waals surface area contributed by atoms with Crippen LogP contribution in [0.3, 0.4) is 0 Å². The number of hydrogen-bond acceptors (Lipinski definition) is 6. The van der Waals surface area contributed by atoms with Gasteiger partial charge in [-0.3, -0.25) is 9.69 Å². The highest BCUT2D eigenvalue weighted by Crippen LogP contribution is 2.46. The number of ether oxygens (including phenoxy) is 2. The fraction of sp³-hybridized carbons (Fsp3) is 0.310. The van der Waals surface area contributed by atoms with E-state index in [0.717, 1.165) is 39.3 Å². The molecule has 3 heterocycles. The fourth-order valence-electron chi connectivity index (χ4n) is 5.14. The van der Waals surface area contributed by atoms with Crippen LogP contribution in [0, 0.1) is 27.7 Å². The SMILES string of the molecule is COc1ccc(OC)c(C2CC(=O)N(Cc3ccccc3C)c3c2c(C)nn3-c2nc(C)cc(C)n2)c1. The number of fused-ring (bicyclic) bond motifs is 1. The first kappa shape index (κ1) is 24.5. The summed E-state index contributed by atoms with van der Waals surface area (Å²) in [6.07, 6.45) is 0.280. The Bertz CT molecular complexity index is 1470. The molecule has 0 bridgehead atoms. The molecule has 0 fully saturated rings. The fourth-order valence-corrected chi connectivity index (χ4v) is 5.14. The summed E-state index contributed by atoms with van der Waals surface area (Å²) >= 11 is 0. The van der Waals surface area contributed by atoms with Crippen molar-refractivity contribution in [1.29, 1.82) is 0 Å². The summed E-state index contributed by atoms with van der Waals surface area (Å²) in [5.41, 5.74) is 6.53. The molecule has 2 aromatic heterocycles. The average Bonchev–Trinajstić information content (AvgIpc) is 3.22. The third kappa shape index (κ3) is 4.43. The van der Waals surface area contributed by atoms with Gasteiger partial charge in [0.05, 0.1) is 26.5 Å². The smallest absolute Gasteiger partial charge is 0.252 e.